The fraction of sp³-hybridized carbons (Fsp3) is 0.649. The first-order valence-corrected chi connectivity index (χ1v) is 26.2. The van der Waals surface area contributed by atoms with E-state index in [1.807, 2.05) is 0 Å². The van der Waals surface area contributed by atoms with Gasteiger partial charge in [-0.3, -0.25) is 14.4 Å². The Morgan fingerprint density at radius 2 is 0.913 bits per heavy atom. The largest absolute Gasteiger partial charge is 0.479 e. The van der Waals surface area contributed by atoms with Crippen LogP contribution in [0.15, 0.2) is 97.2 Å². The number of unbranched alkanes of at least 4 members (excludes halogenated alkanes) is 12. The number of allylic oxidation sites excluding steroid dienone is 16. The zero-order valence-electron chi connectivity index (χ0n) is 42.5. The van der Waals surface area contributed by atoms with E-state index in [4.69, 9.17) is 23.7 Å². The van der Waals surface area contributed by atoms with E-state index in [1.54, 1.807) is 0 Å². The van der Waals surface area contributed by atoms with Crippen molar-refractivity contribution in [1.29, 1.82) is 0 Å². The fourth-order valence-electron chi connectivity index (χ4n) is 7.12. The summed E-state index contributed by atoms with van der Waals surface area (Å²) in [6, 6.07) is 0. The molecule has 1 saturated heterocycles. The molecule has 1 fully saturated rings. The Morgan fingerprint density at radius 1 is 0.493 bits per heavy atom. The molecule has 3 N–H and O–H groups in total. The highest BCUT2D eigenvalue weighted by Gasteiger charge is 2.50. The van der Waals surface area contributed by atoms with Crippen molar-refractivity contribution in [3.63, 3.8) is 0 Å². The molecule has 1 heterocycles. The molecule has 0 aliphatic carbocycles. The molecule has 0 bridgehead atoms. The van der Waals surface area contributed by atoms with Crippen molar-refractivity contribution < 1.29 is 58.2 Å². The van der Waals surface area contributed by atoms with Crippen LogP contribution >= 0.6 is 0 Å². The molecule has 0 spiro atoms. The van der Waals surface area contributed by atoms with Crippen LogP contribution in [0.1, 0.15) is 188 Å². The SMILES string of the molecule is CC/C=C\C/C=C\C/C=C\C/C=C\CCCCC(=O)OCC(COC1OC(C(=O)O)C(O)C(O)C1OC(=O)CCCCC/C=C\C/C=C\C/C=C\CC)OC(=O)CCCCCCC/C=C\CCCC. The Balaban J connectivity index is 2.78. The number of aliphatic hydroxyl groups is 2. The van der Waals surface area contributed by atoms with Gasteiger partial charge in [-0.1, -0.05) is 157 Å². The van der Waals surface area contributed by atoms with Crippen LogP contribution < -0.4 is 0 Å². The summed E-state index contributed by atoms with van der Waals surface area (Å²) in [4.78, 5) is 50.8. The standard InChI is InChI=1S/C57H90O12/c1-4-7-10-13-16-19-22-24-25-27-29-31-34-37-40-43-49(58)65-46-48(67-50(59)44-41-38-35-32-28-21-18-15-12-9-6-3)47-66-57-55(53(62)52(61)54(69-57)56(63)64)68-51(60)45-42-39-36-33-30-26-23-20-17-14-11-8-5-2/h7-8,10-11,15-20,24-26,29-31,48,52-55,57,61-62H,4-6,9,12-14,21-23,27-28,32-47H2,1-3H3,(H,63,64)/b10-7-,11-8-,18-15-,19-16-,20-17-,25-24-,30-26-,31-29-. The summed E-state index contributed by atoms with van der Waals surface area (Å²) in [5.74, 6) is -3.25. The average Bonchev–Trinajstić information content (AvgIpc) is 3.33. The van der Waals surface area contributed by atoms with Gasteiger partial charge in [0.1, 0.15) is 18.8 Å². The lowest BCUT2D eigenvalue weighted by Crippen LogP contribution is -2.61. The summed E-state index contributed by atoms with van der Waals surface area (Å²) in [5, 5.41) is 31.3. The number of carboxylic acid groups (broad SMARTS) is 1. The Hall–Kier alpha value is -4.36. The molecule has 12 nitrogen and oxygen atoms in total. The third-order valence-corrected chi connectivity index (χ3v) is 11.1. The number of carboxylic acids is 1. The van der Waals surface area contributed by atoms with E-state index in [9.17, 15) is 34.5 Å². The number of carbonyl (C=O) groups is 4. The quantitative estimate of drug-likeness (QED) is 0.0229. The molecule has 0 aromatic heterocycles. The molecule has 0 aromatic carbocycles. The van der Waals surface area contributed by atoms with Crippen molar-refractivity contribution >= 4 is 23.9 Å². The van der Waals surface area contributed by atoms with Crippen LogP contribution in [0.2, 0.25) is 0 Å². The Morgan fingerprint density at radius 3 is 1.45 bits per heavy atom. The maximum atomic E-state index is 13.0. The Bertz CT molecular complexity index is 1570. The zero-order chi connectivity index (χ0) is 50.4. The van der Waals surface area contributed by atoms with Crippen molar-refractivity contribution in [2.45, 2.75) is 225 Å². The minimum atomic E-state index is -1.92. The number of carbonyl (C=O) groups excluding carboxylic acids is 3. The molecule has 1 rings (SSSR count). The number of aliphatic hydroxyl groups excluding tert-OH is 2. The molecule has 69 heavy (non-hydrogen) atoms. The van der Waals surface area contributed by atoms with Gasteiger partial charge in [0.15, 0.2) is 24.6 Å². The molecule has 0 amide bonds. The van der Waals surface area contributed by atoms with Gasteiger partial charge >= 0.3 is 23.9 Å². The highest BCUT2D eigenvalue weighted by atomic mass is 16.7. The third kappa shape index (κ3) is 35.4. The van der Waals surface area contributed by atoms with Crippen molar-refractivity contribution in [3.8, 4) is 0 Å². The molecule has 1 aliphatic rings. The second kappa shape index (κ2) is 44.8. The van der Waals surface area contributed by atoms with Gasteiger partial charge < -0.3 is 39.0 Å². The van der Waals surface area contributed by atoms with E-state index in [0.29, 0.717) is 19.3 Å². The summed E-state index contributed by atoms with van der Waals surface area (Å²) in [6.45, 7) is 5.62. The van der Waals surface area contributed by atoms with Gasteiger partial charge in [-0.25, -0.2) is 4.79 Å². The first-order valence-electron chi connectivity index (χ1n) is 26.2. The molecule has 6 atom stereocenters. The first-order chi connectivity index (χ1) is 33.6. The van der Waals surface area contributed by atoms with Crippen molar-refractivity contribution in [1.82, 2.24) is 0 Å². The van der Waals surface area contributed by atoms with E-state index in [2.05, 4.69) is 118 Å². The summed E-state index contributed by atoms with van der Waals surface area (Å²) in [5.41, 5.74) is 0. The van der Waals surface area contributed by atoms with E-state index in [1.165, 1.54) is 12.8 Å². The van der Waals surface area contributed by atoms with Crippen LogP contribution in [-0.4, -0.2) is 89.2 Å². The van der Waals surface area contributed by atoms with Crippen molar-refractivity contribution in [3.05, 3.63) is 97.2 Å². The second-order valence-electron chi connectivity index (χ2n) is 17.4. The molecule has 390 valence electrons. The van der Waals surface area contributed by atoms with Gasteiger partial charge in [-0.2, -0.15) is 0 Å². The lowest BCUT2D eigenvalue weighted by molar-refractivity contribution is -0.301. The predicted octanol–water partition coefficient (Wildman–Crippen LogP) is 12.6. The van der Waals surface area contributed by atoms with E-state index in [-0.39, 0.29) is 25.9 Å². The van der Waals surface area contributed by atoms with Crippen LogP contribution in [0.3, 0.4) is 0 Å². The third-order valence-electron chi connectivity index (χ3n) is 11.1. The summed E-state index contributed by atoms with van der Waals surface area (Å²) in [7, 11) is 0. The van der Waals surface area contributed by atoms with Crippen LogP contribution in [0.4, 0.5) is 0 Å². The molecule has 0 aromatic rings. The van der Waals surface area contributed by atoms with Crippen LogP contribution in [0.25, 0.3) is 0 Å². The fourth-order valence-corrected chi connectivity index (χ4v) is 7.12. The zero-order valence-corrected chi connectivity index (χ0v) is 42.5. The molecule has 12 heteroatoms. The number of aliphatic carboxylic acids is 1. The smallest absolute Gasteiger partial charge is 0.335 e. The summed E-state index contributed by atoms with van der Waals surface area (Å²) >= 11 is 0. The Kier molecular flexibility index (Phi) is 40.7. The molecular weight excluding hydrogens is 877 g/mol. The van der Waals surface area contributed by atoms with Gasteiger partial charge in [0.05, 0.1) is 6.61 Å². The minimum Gasteiger partial charge on any atom is -0.479 e. The second-order valence-corrected chi connectivity index (χ2v) is 17.4. The number of ether oxygens (including phenoxy) is 5. The van der Waals surface area contributed by atoms with E-state index in [0.717, 1.165) is 116 Å². The van der Waals surface area contributed by atoms with Crippen LogP contribution in [-0.2, 0) is 42.9 Å². The first kappa shape index (κ1) is 62.7. The highest BCUT2D eigenvalue weighted by molar-refractivity contribution is 5.74. The van der Waals surface area contributed by atoms with Gasteiger partial charge in [-0.15, -0.1) is 0 Å². The number of esters is 3. The minimum absolute atomic E-state index is 0.0157. The van der Waals surface area contributed by atoms with Crippen molar-refractivity contribution in [2.75, 3.05) is 13.2 Å². The normalized spacial score (nSPS) is 19.5. The van der Waals surface area contributed by atoms with E-state index >= 15 is 0 Å². The van der Waals surface area contributed by atoms with E-state index < -0.39 is 67.3 Å². The number of hydrogen-bond acceptors (Lipinski definition) is 11. The maximum Gasteiger partial charge on any atom is 0.335 e. The maximum absolute atomic E-state index is 13.0. The molecule has 0 saturated carbocycles. The molecular formula is C57H90O12. The van der Waals surface area contributed by atoms with Crippen molar-refractivity contribution in [2.24, 2.45) is 0 Å². The van der Waals surface area contributed by atoms with Crippen LogP contribution in [0.5, 0.6) is 0 Å². The highest BCUT2D eigenvalue weighted by Crippen LogP contribution is 2.26. The Labute approximate surface area is 415 Å². The van der Waals surface area contributed by atoms with Gasteiger partial charge in [-0.05, 0) is 109 Å². The van der Waals surface area contributed by atoms with Gasteiger partial charge in [0.2, 0.25) is 0 Å². The topological polar surface area (TPSA) is 175 Å². The lowest BCUT2D eigenvalue weighted by Gasteiger charge is -2.40. The molecule has 6 unspecified atom stereocenters. The number of hydrogen-bond donors (Lipinski definition) is 3. The lowest BCUT2D eigenvalue weighted by atomic mass is 9.98. The number of rotatable bonds is 42. The van der Waals surface area contributed by atoms with Gasteiger partial charge in [0.25, 0.3) is 0 Å². The molecule has 1 aliphatic heterocycles. The summed E-state index contributed by atoms with van der Waals surface area (Å²) < 4.78 is 28.2. The van der Waals surface area contributed by atoms with Gasteiger partial charge in [0, 0.05) is 19.3 Å². The van der Waals surface area contributed by atoms with Crippen LogP contribution in [0, 0.1) is 0 Å². The average molecular weight is 967 g/mol. The monoisotopic (exact) mass is 967 g/mol. The molecule has 0 radical (unpaired) electrons. The summed E-state index contributed by atoms with van der Waals surface area (Å²) in [6.07, 6.45) is 45.5. The predicted molar refractivity (Wildman–Crippen MR) is 275 cm³/mol.